The SMILES string of the molecule is N#Cc1ccc(Oc2ccc3c(c2)CCC[C@H]3[C@H]2OC(=O)NC2=O)c(C(F)(F)F)c1. The van der Waals surface area contributed by atoms with E-state index in [-0.39, 0.29) is 17.2 Å². The second kappa shape index (κ2) is 7.37. The smallest absolute Gasteiger partial charge is 0.420 e. The van der Waals surface area contributed by atoms with E-state index in [1.807, 2.05) is 0 Å². The summed E-state index contributed by atoms with van der Waals surface area (Å²) in [6, 6.07) is 9.64. The molecule has 2 aromatic rings. The highest BCUT2D eigenvalue weighted by Crippen LogP contribution is 2.41. The number of nitrogens with one attached hydrogen (secondary N) is 1. The number of nitrogens with zero attached hydrogens (tertiary/aromatic N) is 1. The van der Waals surface area contributed by atoms with Gasteiger partial charge in [-0.15, -0.1) is 0 Å². The van der Waals surface area contributed by atoms with E-state index in [4.69, 9.17) is 14.7 Å². The van der Waals surface area contributed by atoms with Crippen LogP contribution in [0.1, 0.15) is 41.0 Å². The van der Waals surface area contributed by atoms with E-state index in [1.165, 1.54) is 12.1 Å². The lowest BCUT2D eigenvalue weighted by Gasteiger charge is -2.28. The van der Waals surface area contributed by atoms with Gasteiger partial charge in [0.2, 0.25) is 0 Å². The average molecular weight is 416 g/mol. The zero-order chi connectivity index (χ0) is 21.5. The van der Waals surface area contributed by atoms with Crippen LogP contribution < -0.4 is 10.1 Å². The molecule has 154 valence electrons. The molecule has 2 aliphatic rings. The quantitative estimate of drug-likeness (QED) is 0.800. The van der Waals surface area contributed by atoms with E-state index in [2.05, 4.69) is 5.32 Å². The molecule has 1 N–H and O–H groups in total. The van der Waals surface area contributed by atoms with Crippen LogP contribution in [0.4, 0.5) is 18.0 Å². The molecule has 0 bridgehead atoms. The number of hydrogen-bond donors (Lipinski definition) is 1. The molecule has 1 aliphatic heterocycles. The summed E-state index contributed by atoms with van der Waals surface area (Å²) in [5.74, 6) is -1.02. The summed E-state index contributed by atoms with van der Waals surface area (Å²) in [7, 11) is 0. The lowest BCUT2D eigenvalue weighted by Crippen LogP contribution is -2.31. The third kappa shape index (κ3) is 3.68. The van der Waals surface area contributed by atoms with E-state index >= 15 is 0 Å². The molecule has 6 nitrogen and oxygen atoms in total. The number of nitriles is 1. The Kier molecular flexibility index (Phi) is 4.86. The minimum Gasteiger partial charge on any atom is -0.457 e. The van der Waals surface area contributed by atoms with Gasteiger partial charge in [0.15, 0.2) is 6.10 Å². The molecule has 2 aromatic carbocycles. The monoisotopic (exact) mass is 416 g/mol. The molecule has 0 unspecified atom stereocenters. The number of ether oxygens (including phenoxy) is 2. The first-order chi connectivity index (χ1) is 14.3. The van der Waals surface area contributed by atoms with Crippen LogP contribution in [0.3, 0.4) is 0 Å². The van der Waals surface area contributed by atoms with Gasteiger partial charge in [-0.1, -0.05) is 6.07 Å². The molecule has 2 amide bonds. The molecule has 1 heterocycles. The molecule has 30 heavy (non-hydrogen) atoms. The number of imide groups is 1. The Balaban J connectivity index is 1.64. The molecule has 9 heteroatoms. The standard InChI is InChI=1S/C21H15F3N2O4/c22-21(23,24)16-8-11(10-25)4-7-17(16)29-13-5-6-14-12(9-13)2-1-3-15(14)18-19(27)26-20(28)30-18/h4-9,15,18H,1-3H2,(H,26,27,28)/t15-,18-/m1/s1. The van der Waals surface area contributed by atoms with Gasteiger partial charge >= 0.3 is 12.3 Å². The number of carbonyl (C=O) groups is 2. The van der Waals surface area contributed by atoms with Crippen LogP contribution in [-0.2, 0) is 22.1 Å². The summed E-state index contributed by atoms with van der Waals surface area (Å²) < 4.78 is 50.7. The van der Waals surface area contributed by atoms with Crippen LogP contribution in [0.5, 0.6) is 11.5 Å². The average Bonchev–Trinajstić information content (AvgIpc) is 3.04. The van der Waals surface area contributed by atoms with Crippen LogP contribution in [0, 0.1) is 11.3 Å². The number of fused-ring (bicyclic) bond motifs is 1. The zero-order valence-corrected chi connectivity index (χ0v) is 15.5. The van der Waals surface area contributed by atoms with Gasteiger partial charge in [-0.05, 0) is 60.7 Å². The van der Waals surface area contributed by atoms with Crippen molar-refractivity contribution in [3.63, 3.8) is 0 Å². The Hall–Kier alpha value is -3.54. The number of rotatable bonds is 3. The van der Waals surface area contributed by atoms with Gasteiger partial charge in [0.25, 0.3) is 5.91 Å². The molecular formula is C21H15F3N2O4. The van der Waals surface area contributed by atoms with Crippen molar-refractivity contribution in [3.05, 3.63) is 58.7 Å². The number of benzene rings is 2. The summed E-state index contributed by atoms with van der Waals surface area (Å²) in [5, 5.41) is 11.0. The molecule has 0 spiro atoms. The number of cyclic esters (lactones) is 1. The molecule has 1 fully saturated rings. The maximum Gasteiger partial charge on any atom is 0.420 e. The maximum absolute atomic E-state index is 13.4. The molecule has 0 saturated carbocycles. The van der Waals surface area contributed by atoms with Gasteiger partial charge in [-0.3, -0.25) is 10.1 Å². The summed E-state index contributed by atoms with van der Waals surface area (Å²) in [5.41, 5.74) is 0.472. The van der Waals surface area contributed by atoms with Gasteiger partial charge < -0.3 is 9.47 Å². The predicted molar refractivity (Wildman–Crippen MR) is 96.8 cm³/mol. The van der Waals surface area contributed by atoms with Crippen molar-refractivity contribution < 1.29 is 32.2 Å². The molecular weight excluding hydrogens is 401 g/mol. The number of alkyl carbamates (subject to hydrolysis) is 1. The lowest BCUT2D eigenvalue weighted by atomic mass is 9.79. The third-order valence-electron chi connectivity index (χ3n) is 5.20. The summed E-state index contributed by atoms with van der Waals surface area (Å²) in [6.07, 6.45) is -4.35. The highest BCUT2D eigenvalue weighted by Gasteiger charge is 2.41. The minimum atomic E-state index is -4.68. The van der Waals surface area contributed by atoms with Crippen molar-refractivity contribution in [2.45, 2.75) is 37.5 Å². The van der Waals surface area contributed by atoms with Crippen LogP contribution in [0.2, 0.25) is 0 Å². The molecule has 2 atom stereocenters. The van der Waals surface area contributed by atoms with Gasteiger partial charge in [-0.25, -0.2) is 4.79 Å². The first-order valence-corrected chi connectivity index (χ1v) is 9.20. The molecule has 0 radical (unpaired) electrons. The Morgan fingerprint density at radius 1 is 1.17 bits per heavy atom. The Morgan fingerprint density at radius 3 is 2.63 bits per heavy atom. The normalized spacial score (nSPS) is 20.7. The fraction of sp³-hybridized carbons (Fsp3) is 0.286. The highest BCUT2D eigenvalue weighted by molar-refractivity contribution is 6.00. The summed E-state index contributed by atoms with van der Waals surface area (Å²) in [6.45, 7) is 0. The second-order valence-electron chi connectivity index (χ2n) is 7.10. The summed E-state index contributed by atoms with van der Waals surface area (Å²) in [4.78, 5) is 23.3. The lowest BCUT2D eigenvalue weighted by molar-refractivity contribution is -0.138. The van der Waals surface area contributed by atoms with Gasteiger partial charge in [0.05, 0.1) is 17.2 Å². The minimum absolute atomic E-state index is 0.118. The van der Waals surface area contributed by atoms with Crippen molar-refractivity contribution in [2.24, 2.45) is 0 Å². The van der Waals surface area contributed by atoms with E-state index in [0.717, 1.165) is 29.7 Å². The van der Waals surface area contributed by atoms with Gasteiger partial charge in [-0.2, -0.15) is 18.4 Å². The molecule has 1 aliphatic carbocycles. The first kappa shape index (κ1) is 19.8. The summed E-state index contributed by atoms with van der Waals surface area (Å²) >= 11 is 0. The highest BCUT2D eigenvalue weighted by atomic mass is 19.4. The van der Waals surface area contributed by atoms with Crippen molar-refractivity contribution in [1.29, 1.82) is 5.26 Å². The van der Waals surface area contributed by atoms with Gasteiger partial charge in [0, 0.05) is 5.92 Å². The molecule has 4 rings (SSSR count). The maximum atomic E-state index is 13.4. The fourth-order valence-electron chi connectivity index (χ4n) is 3.88. The van der Waals surface area contributed by atoms with Crippen molar-refractivity contribution in [2.75, 3.05) is 0 Å². The van der Waals surface area contributed by atoms with E-state index < -0.39 is 35.6 Å². The topological polar surface area (TPSA) is 88.4 Å². The molecule has 1 saturated heterocycles. The van der Waals surface area contributed by atoms with E-state index in [9.17, 15) is 22.8 Å². The first-order valence-electron chi connectivity index (χ1n) is 9.20. The number of aryl methyl sites for hydroxylation is 1. The largest absolute Gasteiger partial charge is 0.457 e. The number of hydrogen-bond acceptors (Lipinski definition) is 5. The van der Waals surface area contributed by atoms with Gasteiger partial charge in [0.1, 0.15) is 11.5 Å². The zero-order valence-electron chi connectivity index (χ0n) is 15.5. The van der Waals surface area contributed by atoms with E-state index in [0.29, 0.717) is 12.8 Å². The van der Waals surface area contributed by atoms with Crippen molar-refractivity contribution in [1.82, 2.24) is 5.32 Å². The Bertz CT molecular complexity index is 1070. The number of alkyl halides is 3. The Labute approximate surface area is 169 Å². The third-order valence-corrected chi connectivity index (χ3v) is 5.20. The second-order valence-corrected chi connectivity index (χ2v) is 7.10. The number of halogens is 3. The predicted octanol–water partition coefficient (Wildman–Crippen LogP) is 4.42. The van der Waals surface area contributed by atoms with Crippen molar-refractivity contribution >= 4 is 12.0 Å². The van der Waals surface area contributed by atoms with Crippen LogP contribution in [0.15, 0.2) is 36.4 Å². The van der Waals surface area contributed by atoms with Crippen LogP contribution in [-0.4, -0.2) is 18.1 Å². The number of carbonyl (C=O) groups excluding carboxylic acids is 2. The fourth-order valence-corrected chi connectivity index (χ4v) is 3.88. The van der Waals surface area contributed by atoms with Crippen molar-refractivity contribution in [3.8, 4) is 17.6 Å². The van der Waals surface area contributed by atoms with Crippen LogP contribution >= 0.6 is 0 Å². The number of amides is 2. The molecule has 0 aromatic heterocycles. The van der Waals surface area contributed by atoms with Crippen LogP contribution in [0.25, 0.3) is 0 Å². The Morgan fingerprint density at radius 2 is 1.97 bits per heavy atom. The van der Waals surface area contributed by atoms with E-state index in [1.54, 1.807) is 18.2 Å².